The number of ether oxygens (including phenoxy) is 1. The minimum atomic E-state index is -1.26. The minimum Gasteiger partial charge on any atom is -0.489 e. The highest BCUT2D eigenvalue weighted by Gasteiger charge is 2.37. The van der Waals surface area contributed by atoms with Crippen molar-refractivity contribution < 1.29 is 19.1 Å². The van der Waals surface area contributed by atoms with E-state index in [1.54, 1.807) is 12.1 Å². The van der Waals surface area contributed by atoms with Crippen molar-refractivity contribution in [2.45, 2.75) is 25.9 Å². The third-order valence-corrected chi connectivity index (χ3v) is 5.12. The summed E-state index contributed by atoms with van der Waals surface area (Å²) in [6, 6.07) is 12.1. The Morgan fingerprint density at radius 2 is 1.65 bits per heavy atom. The van der Waals surface area contributed by atoms with E-state index in [0.29, 0.717) is 22.8 Å². The predicted octanol–water partition coefficient (Wildman–Crippen LogP) is 4.69. The number of Topliss-reactive ketones (excluding diaryl/α,β-unsaturated/α-hetero) is 3. The van der Waals surface area contributed by atoms with Crippen molar-refractivity contribution >= 4 is 40.6 Å². The molecule has 1 fully saturated rings. The van der Waals surface area contributed by atoms with Crippen molar-refractivity contribution in [2.24, 2.45) is 5.92 Å². The number of benzene rings is 2. The van der Waals surface area contributed by atoms with E-state index in [1.807, 2.05) is 18.2 Å². The lowest BCUT2D eigenvalue weighted by molar-refractivity contribution is -0.133. The zero-order valence-electron chi connectivity index (χ0n) is 13.8. The van der Waals surface area contributed by atoms with Crippen LogP contribution in [0.2, 0.25) is 10.0 Å². The Bertz CT molecular complexity index is 846. The number of carbonyl (C=O) groups excluding carboxylic acids is 3. The van der Waals surface area contributed by atoms with Gasteiger partial charge in [-0.15, -0.1) is 0 Å². The molecule has 1 aliphatic carbocycles. The fourth-order valence-corrected chi connectivity index (χ4v) is 3.52. The van der Waals surface area contributed by atoms with Gasteiger partial charge in [0.2, 0.25) is 0 Å². The summed E-state index contributed by atoms with van der Waals surface area (Å²) >= 11 is 12.6. The normalized spacial score (nSPS) is 15.2. The highest BCUT2D eigenvalue weighted by molar-refractivity contribution is 6.39. The van der Waals surface area contributed by atoms with Gasteiger partial charge in [0.05, 0.1) is 5.02 Å². The molecule has 0 aromatic heterocycles. The van der Waals surface area contributed by atoms with Gasteiger partial charge in [-0.3, -0.25) is 14.4 Å². The van der Waals surface area contributed by atoms with Gasteiger partial charge in [0, 0.05) is 29.0 Å². The zero-order valence-corrected chi connectivity index (χ0v) is 15.3. The lowest BCUT2D eigenvalue weighted by atomic mass is 9.81. The van der Waals surface area contributed by atoms with Crippen LogP contribution in [0.1, 0.15) is 35.2 Å². The summed E-state index contributed by atoms with van der Waals surface area (Å²) in [5, 5.41) is 0.466. The number of halogens is 2. The number of para-hydroxylation sites is 1. The van der Waals surface area contributed by atoms with Crippen LogP contribution < -0.4 is 4.74 Å². The maximum Gasteiger partial charge on any atom is 0.182 e. The molecule has 134 valence electrons. The Morgan fingerprint density at radius 3 is 2.31 bits per heavy atom. The van der Waals surface area contributed by atoms with E-state index in [9.17, 15) is 14.4 Å². The summed E-state index contributed by atoms with van der Waals surface area (Å²) in [5.74, 6) is -1.89. The van der Waals surface area contributed by atoms with Gasteiger partial charge in [-0.25, -0.2) is 0 Å². The molecule has 1 saturated carbocycles. The maximum absolute atomic E-state index is 12.8. The number of rotatable bonds is 5. The standard InChI is InChI=1S/C20H16Cl2O4/c21-15-10-9-13(20(25)18-16(23)7-4-8-17(18)24)19(22)14(15)11-26-12-5-2-1-3-6-12/h1-3,5-6,9-10,18H,4,7-8,11H2. The fraction of sp³-hybridized carbons (Fsp3) is 0.250. The van der Waals surface area contributed by atoms with Crippen LogP contribution >= 0.6 is 23.2 Å². The van der Waals surface area contributed by atoms with E-state index in [4.69, 9.17) is 27.9 Å². The molecule has 0 heterocycles. The van der Waals surface area contributed by atoms with Crippen molar-refractivity contribution in [1.29, 1.82) is 0 Å². The van der Waals surface area contributed by atoms with E-state index in [-0.39, 0.29) is 41.6 Å². The summed E-state index contributed by atoms with van der Waals surface area (Å²) in [7, 11) is 0. The van der Waals surface area contributed by atoms with E-state index >= 15 is 0 Å². The predicted molar refractivity (Wildman–Crippen MR) is 98.9 cm³/mol. The number of carbonyl (C=O) groups is 3. The van der Waals surface area contributed by atoms with Gasteiger partial charge in [-0.05, 0) is 30.7 Å². The molecule has 0 atom stereocenters. The SMILES string of the molecule is O=C1CCCC(=O)C1C(=O)c1ccc(Cl)c(COc2ccccc2)c1Cl. The van der Waals surface area contributed by atoms with Crippen LogP contribution in [-0.4, -0.2) is 17.3 Å². The van der Waals surface area contributed by atoms with E-state index in [0.717, 1.165) is 0 Å². The van der Waals surface area contributed by atoms with Crippen molar-refractivity contribution in [1.82, 2.24) is 0 Å². The summed E-state index contributed by atoms with van der Waals surface area (Å²) in [4.78, 5) is 36.9. The van der Waals surface area contributed by atoms with Crippen LogP contribution in [0.3, 0.4) is 0 Å². The second-order valence-electron chi connectivity index (χ2n) is 6.07. The molecular formula is C20H16Cl2O4. The Balaban J connectivity index is 1.88. The molecule has 0 bridgehead atoms. The lowest BCUT2D eigenvalue weighted by Crippen LogP contribution is -2.35. The maximum atomic E-state index is 12.8. The van der Waals surface area contributed by atoms with Crippen LogP contribution in [0.4, 0.5) is 0 Å². The molecule has 0 radical (unpaired) electrons. The minimum absolute atomic E-state index is 0.0648. The first kappa shape index (κ1) is 18.6. The summed E-state index contributed by atoms with van der Waals surface area (Å²) in [5.41, 5.74) is 0.565. The molecule has 0 saturated heterocycles. The molecule has 6 heteroatoms. The monoisotopic (exact) mass is 390 g/mol. The molecule has 26 heavy (non-hydrogen) atoms. The third kappa shape index (κ3) is 3.81. The quantitative estimate of drug-likeness (QED) is 0.548. The van der Waals surface area contributed by atoms with Gasteiger partial charge in [0.1, 0.15) is 18.3 Å². The number of hydrogen-bond donors (Lipinski definition) is 0. The van der Waals surface area contributed by atoms with Crippen LogP contribution in [0.15, 0.2) is 42.5 Å². The highest BCUT2D eigenvalue weighted by Crippen LogP contribution is 2.32. The molecule has 3 rings (SSSR count). The molecule has 0 N–H and O–H groups in total. The lowest BCUT2D eigenvalue weighted by Gasteiger charge is -2.19. The van der Waals surface area contributed by atoms with E-state index in [2.05, 4.69) is 0 Å². The number of ketones is 3. The van der Waals surface area contributed by atoms with Crippen LogP contribution in [-0.2, 0) is 16.2 Å². The van der Waals surface area contributed by atoms with Gasteiger partial charge in [0.25, 0.3) is 0 Å². The molecule has 0 spiro atoms. The van der Waals surface area contributed by atoms with Crippen molar-refractivity contribution in [3.05, 3.63) is 63.6 Å². The van der Waals surface area contributed by atoms with Gasteiger partial charge in [-0.1, -0.05) is 41.4 Å². The topological polar surface area (TPSA) is 60.4 Å². The van der Waals surface area contributed by atoms with Gasteiger partial charge < -0.3 is 4.74 Å². The smallest absolute Gasteiger partial charge is 0.182 e. The number of hydrogen-bond acceptors (Lipinski definition) is 4. The molecule has 0 unspecified atom stereocenters. The Hall–Kier alpha value is -2.17. The summed E-state index contributed by atoms with van der Waals surface area (Å²) in [6.07, 6.45) is 0.959. The molecule has 2 aromatic rings. The van der Waals surface area contributed by atoms with Crippen molar-refractivity contribution in [3.63, 3.8) is 0 Å². The molecule has 0 amide bonds. The average molecular weight is 391 g/mol. The first-order valence-corrected chi connectivity index (χ1v) is 8.99. The summed E-state index contributed by atoms with van der Waals surface area (Å²) < 4.78 is 5.66. The Morgan fingerprint density at radius 1 is 1.00 bits per heavy atom. The average Bonchev–Trinajstić information content (AvgIpc) is 2.62. The summed E-state index contributed by atoms with van der Waals surface area (Å²) in [6.45, 7) is 0.0648. The second kappa shape index (κ2) is 8.02. The second-order valence-corrected chi connectivity index (χ2v) is 6.86. The highest BCUT2D eigenvalue weighted by atomic mass is 35.5. The van der Waals surface area contributed by atoms with Crippen molar-refractivity contribution in [2.75, 3.05) is 0 Å². The van der Waals surface area contributed by atoms with Crippen LogP contribution in [0, 0.1) is 5.92 Å². The fourth-order valence-electron chi connectivity index (χ4n) is 2.95. The van der Waals surface area contributed by atoms with Crippen molar-refractivity contribution in [3.8, 4) is 5.75 Å². The Labute approximate surface area is 161 Å². The molecule has 2 aromatic carbocycles. The Kier molecular flexibility index (Phi) is 5.74. The van der Waals surface area contributed by atoms with Crippen LogP contribution in [0.25, 0.3) is 0 Å². The molecular weight excluding hydrogens is 375 g/mol. The molecule has 1 aliphatic rings. The van der Waals surface area contributed by atoms with Gasteiger partial charge in [-0.2, -0.15) is 0 Å². The third-order valence-electron chi connectivity index (χ3n) is 4.33. The van der Waals surface area contributed by atoms with E-state index < -0.39 is 11.7 Å². The zero-order chi connectivity index (χ0) is 18.7. The van der Waals surface area contributed by atoms with Gasteiger partial charge >= 0.3 is 0 Å². The molecule has 0 aliphatic heterocycles. The van der Waals surface area contributed by atoms with Gasteiger partial charge in [0.15, 0.2) is 17.3 Å². The first-order chi connectivity index (χ1) is 12.5. The molecule has 4 nitrogen and oxygen atoms in total. The van der Waals surface area contributed by atoms with Crippen LogP contribution in [0.5, 0.6) is 5.75 Å². The van der Waals surface area contributed by atoms with E-state index in [1.165, 1.54) is 12.1 Å². The largest absolute Gasteiger partial charge is 0.489 e. The first-order valence-electron chi connectivity index (χ1n) is 8.23.